The third-order valence-electron chi connectivity index (χ3n) is 4.10. The zero-order valence-electron chi connectivity index (χ0n) is 12.0. The van der Waals surface area contributed by atoms with Gasteiger partial charge in [-0.05, 0) is 20.3 Å². The molecule has 0 spiro atoms. The fraction of sp³-hybridized carbons (Fsp3) is 0.615. The Bertz CT molecular complexity index is 526. The van der Waals surface area contributed by atoms with Crippen LogP contribution in [0.5, 0.6) is 0 Å². The molecular weight excluding hydrogens is 260 g/mol. The van der Waals surface area contributed by atoms with Gasteiger partial charge in [0.25, 0.3) is 0 Å². The Balaban J connectivity index is 1.93. The van der Waals surface area contributed by atoms with Crippen LogP contribution in [0.3, 0.4) is 0 Å². The average molecular weight is 280 g/mol. The minimum atomic E-state index is -0.837. The predicted octanol–water partition coefficient (Wildman–Crippen LogP) is 0.733. The number of carbonyl (C=O) groups is 2. The van der Waals surface area contributed by atoms with E-state index in [1.807, 2.05) is 14.0 Å². The van der Waals surface area contributed by atoms with Crippen molar-refractivity contribution in [2.24, 2.45) is 13.0 Å². The molecule has 1 aliphatic rings. The van der Waals surface area contributed by atoms with E-state index in [-0.39, 0.29) is 12.1 Å². The summed E-state index contributed by atoms with van der Waals surface area (Å²) in [7, 11) is 1.85. The molecule has 2 N–H and O–H groups in total. The van der Waals surface area contributed by atoms with Gasteiger partial charge in [-0.15, -0.1) is 0 Å². The molecule has 2 unspecified atom stereocenters. The van der Waals surface area contributed by atoms with Crippen molar-refractivity contribution in [3.8, 4) is 0 Å². The number of nitrogens with one attached hydrogen (secondary N) is 1. The number of carboxylic acids is 1. The van der Waals surface area contributed by atoms with E-state index in [0.717, 1.165) is 11.3 Å². The number of nitrogens with zero attached hydrogens (tertiary/aromatic N) is 3. The lowest BCUT2D eigenvalue weighted by molar-refractivity contribution is -0.142. The second-order valence-electron chi connectivity index (χ2n) is 5.20. The SMILES string of the molecule is Cc1c(CNC(=O)N2CCC(C(=O)O)C2C)cnn1C. The highest BCUT2D eigenvalue weighted by Gasteiger charge is 2.38. The van der Waals surface area contributed by atoms with Gasteiger partial charge in [0.1, 0.15) is 0 Å². The molecule has 1 fully saturated rings. The van der Waals surface area contributed by atoms with Crippen molar-refractivity contribution in [1.82, 2.24) is 20.0 Å². The summed E-state index contributed by atoms with van der Waals surface area (Å²) in [5.41, 5.74) is 1.96. The first-order valence-electron chi connectivity index (χ1n) is 6.66. The summed E-state index contributed by atoms with van der Waals surface area (Å²) in [6, 6.07) is -0.494. The number of aryl methyl sites for hydroxylation is 1. The number of aliphatic carboxylic acids is 1. The number of aromatic nitrogens is 2. The summed E-state index contributed by atoms with van der Waals surface area (Å²) in [6.45, 7) is 4.60. The lowest BCUT2D eigenvalue weighted by Crippen LogP contribution is -2.43. The van der Waals surface area contributed by atoms with Gasteiger partial charge in [0.05, 0.1) is 12.1 Å². The molecular formula is C13H20N4O3. The Kier molecular flexibility index (Phi) is 3.96. The summed E-state index contributed by atoms with van der Waals surface area (Å²) < 4.78 is 1.75. The number of carboxylic acid groups (broad SMARTS) is 1. The number of hydrogen-bond acceptors (Lipinski definition) is 3. The number of hydrogen-bond donors (Lipinski definition) is 2. The van der Waals surface area contributed by atoms with Gasteiger partial charge in [-0.1, -0.05) is 0 Å². The first kappa shape index (κ1) is 14.4. The first-order valence-corrected chi connectivity index (χ1v) is 6.66. The minimum Gasteiger partial charge on any atom is -0.481 e. The van der Waals surface area contributed by atoms with Crippen molar-refractivity contribution in [3.63, 3.8) is 0 Å². The predicted molar refractivity (Wildman–Crippen MR) is 72.1 cm³/mol. The quantitative estimate of drug-likeness (QED) is 0.854. The summed E-state index contributed by atoms with van der Waals surface area (Å²) in [4.78, 5) is 24.7. The third kappa shape index (κ3) is 2.61. The highest BCUT2D eigenvalue weighted by Crippen LogP contribution is 2.24. The van der Waals surface area contributed by atoms with Gasteiger partial charge >= 0.3 is 12.0 Å². The Morgan fingerprint density at radius 2 is 2.25 bits per heavy atom. The van der Waals surface area contributed by atoms with Crippen molar-refractivity contribution in [2.45, 2.75) is 32.9 Å². The van der Waals surface area contributed by atoms with E-state index >= 15 is 0 Å². The van der Waals surface area contributed by atoms with Crippen LogP contribution in [0, 0.1) is 12.8 Å². The van der Waals surface area contributed by atoms with E-state index < -0.39 is 11.9 Å². The second-order valence-corrected chi connectivity index (χ2v) is 5.20. The fourth-order valence-corrected chi connectivity index (χ4v) is 2.55. The van der Waals surface area contributed by atoms with Crippen LogP contribution in [-0.2, 0) is 18.4 Å². The lowest BCUT2D eigenvalue weighted by atomic mass is 10.0. The van der Waals surface area contributed by atoms with Gasteiger partial charge in [0.15, 0.2) is 0 Å². The van der Waals surface area contributed by atoms with Gasteiger partial charge in [0, 0.05) is 37.4 Å². The van der Waals surface area contributed by atoms with Crippen LogP contribution in [0.15, 0.2) is 6.20 Å². The molecule has 2 amide bonds. The van der Waals surface area contributed by atoms with Gasteiger partial charge < -0.3 is 15.3 Å². The van der Waals surface area contributed by atoms with E-state index in [4.69, 9.17) is 5.11 Å². The second kappa shape index (κ2) is 5.52. The van der Waals surface area contributed by atoms with E-state index in [0.29, 0.717) is 19.5 Å². The molecule has 7 nitrogen and oxygen atoms in total. The summed E-state index contributed by atoms with van der Waals surface area (Å²) in [6.07, 6.45) is 2.24. The maximum absolute atomic E-state index is 12.1. The third-order valence-corrected chi connectivity index (χ3v) is 4.10. The first-order chi connectivity index (χ1) is 9.41. The molecule has 2 atom stereocenters. The molecule has 2 rings (SSSR count). The molecule has 0 bridgehead atoms. The summed E-state index contributed by atoms with van der Waals surface area (Å²) in [5.74, 6) is -1.31. The monoisotopic (exact) mass is 280 g/mol. The van der Waals surface area contributed by atoms with Crippen LogP contribution in [-0.4, -0.2) is 44.4 Å². The number of carbonyl (C=O) groups excluding carboxylic acids is 1. The number of likely N-dealkylation sites (tertiary alicyclic amines) is 1. The van der Waals surface area contributed by atoms with Crippen molar-refractivity contribution >= 4 is 12.0 Å². The molecule has 0 aliphatic carbocycles. The van der Waals surface area contributed by atoms with Gasteiger partial charge in [-0.2, -0.15) is 5.10 Å². The zero-order valence-corrected chi connectivity index (χ0v) is 12.0. The number of amides is 2. The van der Waals surface area contributed by atoms with E-state index in [9.17, 15) is 9.59 Å². The van der Waals surface area contributed by atoms with Crippen LogP contribution in [0.4, 0.5) is 4.79 Å². The lowest BCUT2D eigenvalue weighted by Gasteiger charge is -2.23. The molecule has 110 valence electrons. The largest absolute Gasteiger partial charge is 0.481 e. The molecule has 1 aromatic rings. The van der Waals surface area contributed by atoms with Crippen molar-refractivity contribution < 1.29 is 14.7 Å². The van der Waals surface area contributed by atoms with Crippen LogP contribution in [0.1, 0.15) is 24.6 Å². The normalized spacial score (nSPS) is 22.1. The van der Waals surface area contributed by atoms with Gasteiger partial charge in [0.2, 0.25) is 0 Å². The van der Waals surface area contributed by atoms with Crippen LogP contribution in [0.2, 0.25) is 0 Å². The maximum atomic E-state index is 12.1. The van der Waals surface area contributed by atoms with E-state index in [2.05, 4.69) is 10.4 Å². The fourth-order valence-electron chi connectivity index (χ4n) is 2.55. The molecule has 1 aliphatic heterocycles. The molecule has 1 aromatic heterocycles. The molecule has 2 heterocycles. The highest BCUT2D eigenvalue weighted by atomic mass is 16.4. The Morgan fingerprint density at radius 3 is 2.75 bits per heavy atom. The Labute approximate surface area is 117 Å². The average Bonchev–Trinajstić information content (AvgIpc) is 2.92. The number of urea groups is 1. The van der Waals surface area contributed by atoms with Crippen LogP contribution in [0.25, 0.3) is 0 Å². The molecule has 0 saturated carbocycles. The molecule has 7 heteroatoms. The maximum Gasteiger partial charge on any atom is 0.317 e. The van der Waals surface area contributed by atoms with Crippen LogP contribution < -0.4 is 5.32 Å². The van der Waals surface area contributed by atoms with Gasteiger partial charge in [-0.3, -0.25) is 9.48 Å². The van der Waals surface area contributed by atoms with E-state index in [1.54, 1.807) is 22.7 Å². The Hall–Kier alpha value is -2.05. The van der Waals surface area contributed by atoms with E-state index in [1.165, 1.54) is 0 Å². The number of rotatable bonds is 3. The zero-order chi connectivity index (χ0) is 14.9. The van der Waals surface area contributed by atoms with Crippen molar-refractivity contribution in [2.75, 3.05) is 6.54 Å². The van der Waals surface area contributed by atoms with Crippen molar-refractivity contribution in [3.05, 3.63) is 17.5 Å². The molecule has 0 aromatic carbocycles. The molecule has 0 radical (unpaired) electrons. The Morgan fingerprint density at radius 1 is 1.55 bits per heavy atom. The van der Waals surface area contributed by atoms with Gasteiger partial charge in [-0.25, -0.2) is 4.79 Å². The standard InChI is InChI=1S/C13H20N4O3/c1-8-10(7-15-16(8)3)6-14-13(20)17-5-4-11(9(17)2)12(18)19/h7,9,11H,4-6H2,1-3H3,(H,14,20)(H,18,19). The topological polar surface area (TPSA) is 87.5 Å². The highest BCUT2D eigenvalue weighted by molar-refractivity contribution is 5.78. The molecule has 1 saturated heterocycles. The summed E-state index contributed by atoms with van der Waals surface area (Å²) >= 11 is 0. The minimum absolute atomic E-state index is 0.218. The molecule has 20 heavy (non-hydrogen) atoms. The van der Waals surface area contributed by atoms with Crippen LogP contribution >= 0.6 is 0 Å². The summed E-state index contributed by atoms with van der Waals surface area (Å²) in [5, 5.41) is 16.0. The van der Waals surface area contributed by atoms with Crippen molar-refractivity contribution in [1.29, 1.82) is 0 Å². The smallest absolute Gasteiger partial charge is 0.317 e.